The second-order valence-electron chi connectivity index (χ2n) is 5.15. The van der Waals surface area contributed by atoms with Crippen LogP contribution in [0.4, 0.5) is 0 Å². The summed E-state index contributed by atoms with van der Waals surface area (Å²) in [6.07, 6.45) is 3.49. The molecule has 0 aliphatic rings. The molecule has 1 atom stereocenters. The lowest BCUT2D eigenvalue weighted by Gasteiger charge is -2.18. The average Bonchev–Trinajstić information content (AvgIpc) is 2.81. The van der Waals surface area contributed by atoms with Gasteiger partial charge in [0.05, 0.1) is 9.83 Å². The SMILES string of the molecule is CCCNC(c1ccc(CCC)cc1)c1cc(Br)c(Br)s1. The third-order valence-corrected chi connectivity index (χ3v) is 6.72. The summed E-state index contributed by atoms with van der Waals surface area (Å²) in [5.41, 5.74) is 2.76. The molecule has 0 radical (unpaired) electrons. The van der Waals surface area contributed by atoms with Gasteiger partial charge in [-0.25, -0.2) is 0 Å². The lowest BCUT2D eigenvalue weighted by atomic mass is 10.0. The van der Waals surface area contributed by atoms with Crippen LogP contribution in [0.1, 0.15) is 48.7 Å². The molecule has 1 aromatic carbocycles. The number of aryl methyl sites for hydroxylation is 1. The van der Waals surface area contributed by atoms with Crippen LogP contribution in [0.5, 0.6) is 0 Å². The van der Waals surface area contributed by atoms with E-state index in [2.05, 4.69) is 81.4 Å². The fourth-order valence-electron chi connectivity index (χ4n) is 2.34. The summed E-state index contributed by atoms with van der Waals surface area (Å²) in [6, 6.07) is 11.5. The number of hydrogen-bond donors (Lipinski definition) is 1. The molecule has 21 heavy (non-hydrogen) atoms. The lowest BCUT2D eigenvalue weighted by Crippen LogP contribution is -2.22. The number of halogens is 2. The van der Waals surface area contributed by atoms with Crippen molar-refractivity contribution in [3.8, 4) is 0 Å². The first-order valence-electron chi connectivity index (χ1n) is 7.42. The molecule has 1 heterocycles. The monoisotopic (exact) mass is 429 g/mol. The Labute approximate surface area is 148 Å². The van der Waals surface area contributed by atoms with E-state index in [-0.39, 0.29) is 6.04 Å². The van der Waals surface area contributed by atoms with Crippen molar-refractivity contribution in [3.05, 3.63) is 54.6 Å². The maximum absolute atomic E-state index is 3.66. The van der Waals surface area contributed by atoms with Gasteiger partial charge in [0, 0.05) is 9.35 Å². The molecule has 114 valence electrons. The van der Waals surface area contributed by atoms with Gasteiger partial charge < -0.3 is 5.32 Å². The Balaban J connectivity index is 2.26. The van der Waals surface area contributed by atoms with Gasteiger partial charge >= 0.3 is 0 Å². The standard InChI is InChI=1S/C17H21Br2NS/c1-3-5-12-6-8-13(9-7-12)16(20-10-4-2)15-11-14(18)17(19)21-15/h6-9,11,16,20H,3-5,10H2,1-2H3. The minimum Gasteiger partial charge on any atom is -0.306 e. The molecule has 0 spiro atoms. The Morgan fingerprint density at radius 3 is 2.33 bits per heavy atom. The Morgan fingerprint density at radius 1 is 1.10 bits per heavy atom. The molecule has 0 bridgehead atoms. The van der Waals surface area contributed by atoms with E-state index in [1.807, 2.05) is 0 Å². The molecular formula is C17H21Br2NS. The molecule has 0 fully saturated rings. The molecule has 0 saturated carbocycles. The summed E-state index contributed by atoms with van der Waals surface area (Å²) in [6.45, 7) is 5.45. The van der Waals surface area contributed by atoms with E-state index >= 15 is 0 Å². The van der Waals surface area contributed by atoms with Crippen LogP contribution in [0.2, 0.25) is 0 Å². The fourth-order valence-corrected chi connectivity index (χ4v) is 4.54. The normalized spacial score (nSPS) is 12.6. The van der Waals surface area contributed by atoms with E-state index in [1.165, 1.54) is 22.4 Å². The highest BCUT2D eigenvalue weighted by Crippen LogP contribution is 2.37. The van der Waals surface area contributed by atoms with Gasteiger partial charge in [0.1, 0.15) is 0 Å². The van der Waals surface area contributed by atoms with Crippen molar-refractivity contribution >= 4 is 43.2 Å². The zero-order valence-electron chi connectivity index (χ0n) is 12.5. The van der Waals surface area contributed by atoms with Crippen LogP contribution in [-0.4, -0.2) is 6.54 Å². The van der Waals surface area contributed by atoms with E-state index in [1.54, 1.807) is 11.3 Å². The molecule has 0 aliphatic carbocycles. The largest absolute Gasteiger partial charge is 0.306 e. The molecule has 1 N–H and O–H groups in total. The second-order valence-corrected chi connectivity index (χ2v) is 8.41. The smallest absolute Gasteiger partial charge is 0.0843 e. The predicted molar refractivity (Wildman–Crippen MR) is 100 cm³/mol. The average molecular weight is 431 g/mol. The van der Waals surface area contributed by atoms with Crippen LogP contribution in [-0.2, 0) is 6.42 Å². The maximum Gasteiger partial charge on any atom is 0.0843 e. The van der Waals surface area contributed by atoms with E-state index in [0.717, 1.165) is 27.6 Å². The van der Waals surface area contributed by atoms with Crippen molar-refractivity contribution in [1.82, 2.24) is 5.32 Å². The van der Waals surface area contributed by atoms with Crippen LogP contribution in [0.15, 0.2) is 38.6 Å². The molecule has 1 aromatic heterocycles. The molecule has 1 nitrogen and oxygen atoms in total. The molecular weight excluding hydrogens is 410 g/mol. The highest BCUT2D eigenvalue weighted by Gasteiger charge is 2.17. The summed E-state index contributed by atoms with van der Waals surface area (Å²) < 4.78 is 2.29. The lowest BCUT2D eigenvalue weighted by molar-refractivity contribution is 0.605. The third kappa shape index (κ3) is 4.65. The zero-order valence-corrected chi connectivity index (χ0v) is 16.4. The second kappa shape index (κ2) is 8.47. The molecule has 0 aliphatic heterocycles. The van der Waals surface area contributed by atoms with Crippen molar-refractivity contribution in [2.24, 2.45) is 0 Å². The van der Waals surface area contributed by atoms with Crippen molar-refractivity contribution in [3.63, 3.8) is 0 Å². The van der Waals surface area contributed by atoms with Gasteiger partial charge in [0.2, 0.25) is 0 Å². The van der Waals surface area contributed by atoms with Gasteiger partial charge in [0.25, 0.3) is 0 Å². The van der Waals surface area contributed by atoms with E-state index in [4.69, 9.17) is 0 Å². The van der Waals surface area contributed by atoms with E-state index in [0.29, 0.717) is 0 Å². The summed E-state index contributed by atoms with van der Waals surface area (Å²) in [5, 5.41) is 3.66. The molecule has 1 unspecified atom stereocenters. The van der Waals surface area contributed by atoms with Crippen molar-refractivity contribution in [1.29, 1.82) is 0 Å². The minimum absolute atomic E-state index is 0.272. The Hall–Kier alpha value is -0.160. The van der Waals surface area contributed by atoms with Gasteiger partial charge in [-0.05, 0) is 68.4 Å². The van der Waals surface area contributed by atoms with Crippen LogP contribution in [0.25, 0.3) is 0 Å². The van der Waals surface area contributed by atoms with Crippen molar-refractivity contribution in [2.45, 2.75) is 39.2 Å². The van der Waals surface area contributed by atoms with Crippen molar-refractivity contribution < 1.29 is 0 Å². The number of thiophene rings is 1. The molecule has 0 amide bonds. The molecule has 4 heteroatoms. The van der Waals surface area contributed by atoms with Crippen LogP contribution in [0.3, 0.4) is 0 Å². The fraction of sp³-hybridized carbons (Fsp3) is 0.412. The summed E-state index contributed by atoms with van der Waals surface area (Å²) >= 11 is 8.98. The number of hydrogen-bond acceptors (Lipinski definition) is 2. The first kappa shape index (κ1) is 17.2. The number of benzene rings is 1. The van der Waals surface area contributed by atoms with Crippen LogP contribution < -0.4 is 5.32 Å². The third-order valence-electron chi connectivity index (χ3n) is 3.40. The Bertz CT molecular complexity index is 543. The van der Waals surface area contributed by atoms with E-state index in [9.17, 15) is 0 Å². The van der Waals surface area contributed by atoms with E-state index < -0.39 is 0 Å². The van der Waals surface area contributed by atoms with Gasteiger partial charge in [-0.2, -0.15) is 0 Å². The van der Waals surface area contributed by atoms with Gasteiger partial charge in [-0.1, -0.05) is 44.5 Å². The molecule has 2 aromatic rings. The Kier molecular flexibility index (Phi) is 6.93. The predicted octanol–water partition coefficient (Wildman–Crippen LogP) is 6.31. The summed E-state index contributed by atoms with van der Waals surface area (Å²) in [7, 11) is 0. The van der Waals surface area contributed by atoms with Gasteiger partial charge in [-0.3, -0.25) is 0 Å². The highest BCUT2D eigenvalue weighted by atomic mass is 79.9. The number of rotatable bonds is 7. The van der Waals surface area contributed by atoms with Crippen molar-refractivity contribution in [2.75, 3.05) is 6.54 Å². The quantitative estimate of drug-likeness (QED) is 0.542. The minimum atomic E-state index is 0.272. The Morgan fingerprint density at radius 2 is 1.81 bits per heavy atom. The highest BCUT2D eigenvalue weighted by molar-refractivity contribution is 9.13. The van der Waals surface area contributed by atoms with Crippen LogP contribution >= 0.6 is 43.2 Å². The summed E-state index contributed by atoms with van der Waals surface area (Å²) in [5.74, 6) is 0. The maximum atomic E-state index is 3.66. The van der Waals surface area contributed by atoms with Gasteiger partial charge in [-0.15, -0.1) is 11.3 Å². The molecule has 2 rings (SSSR count). The molecule has 0 saturated heterocycles. The summed E-state index contributed by atoms with van der Waals surface area (Å²) in [4.78, 5) is 1.34. The van der Waals surface area contributed by atoms with Crippen LogP contribution in [0, 0.1) is 0 Å². The first-order chi connectivity index (χ1) is 10.2. The van der Waals surface area contributed by atoms with Gasteiger partial charge in [0.15, 0.2) is 0 Å². The topological polar surface area (TPSA) is 12.0 Å². The zero-order chi connectivity index (χ0) is 15.2. The first-order valence-corrected chi connectivity index (χ1v) is 9.82. The number of nitrogens with one attached hydrogen (secondary N) is 1.